The molecule has 1 N–H and O–H groups in total. The zero-order chi connectivity index (χ0) is 10.7. The van der Waals surface area contributed by atoms with Crippen molar-refractivity contribution in [3.05, 3.63) is 0 Å². The first-order valence-electron chi connectivity index (χ1n) is 6.52. The second kappa shape index (κ2) is 4.84. The number of hydrogen-bond acceptors (Lipinski definition) is 2. The van der Waals surface area contributed by atoms with Gasteiger partial charge in [-0.15, -0.1) is 0 Å². The van der Waals surface area contributed by atoms with Gasteiger partial charge in [0.15, 0.2) is 0 Å². The summed E-state index contributed by atoms with van der Waals surface area (Å²) in [6.07, 6.45) is 8.44. The quantitative estimate of drug-likeness (QED) is 0.699. The molecule has 88 valence electrons. The molecule has 2 rings (SSSR count). The zero-order valence-electron chi connectivity index (χ0n) is 10.2. The average molecular weight is 211 g/mol. The van der Waals surface area contributed by atoms with Crippen molar-refractivity contribution in [2.45, 2.75) is 51.5 Å². The summed E-state index contributed by atoms with van der Waals surface area (Å²) in [7, 11) is 1.82. The molecule has 2 nitrogen and oxygen atoms in total. The van der Waals surface area contributed by atoms with E-state index in [1.54, 1.807) is 0 Å². The summed E-state index contributed by atoms with van der Waals surface area (Å²) in [6, 6.07) is 0.624. The summed E-state index contributed by atoms with van der Waals surface area (Å²) in [5, 5.41) is 3.75. The van der Waals surface area contributed by atoms with E-state index in [1.807, 2.05) is 7.11 Å². The average Bonchev–Trinajstić information content (AvgIpc) is 2.98. The molecule has 0 aromatic rings. The first-order chi connectivity index (χ1) is 7.29. The van der Waals surface area contributed by atoms with Crippen LogP contribution in [0.2, 0.25) is 0 Å². The molecule has 0 spiro atoms. The van der Waals surface area contributed by atoms with Crippen molar-refractivity contribution in [1.82, 2.24) is 5.32 Å². The van der Waals surface area contributed by atoms with E-state index in [0.29, 0.717) is 11.5 Å². The summed E-state index contributed by atoms with van der Waals surface area (Å²) in [6.45, 7) is 4.45. The third-order valence-corrected chi connectivity index (χ3v) is 4.44. The van der Waals surface area contributed by atoms with Crippen LogP contribution in [-0.4, -0.2) is 26.3 Å². The Bertz CT molecular complexity index is 191. The minimum absolute atomic E-state index is 0.624. The SMILES string of the molecule is CCC1(CNC(COC)C2CC2)CCC1. The molecular weight excluding hydrogens is 186 g/mol. The highest BCUT2D eigenvalue weighted by molar-refractivity contribution is 4.92. The summed E-state index contributed by atoms with van der Waals surface area (Å²) < 4.78 is 5.29. The molecule has 15 heavy (non-hydrogen) atoms. The van der Waals surface area contributed by atoms with Crippen LogP contribution in [-0.2, 0) is 4.74 Å². The first kappa shape index (κ1) is 11.4. The van der Waals surface area contributed by atoms with Gasteiger partial charge in [0.1, 0.15) is 0 Å². The molecule has 2 fully saturated rings. The van der Waals surface area contributed by atoms with Gasteiger partial charge in [-0.1, -0.05) is 13.3 Å². The topological polar surface area (TPSA) is 21.3 Å². The Morgan fingerprint density at radius 2 is 2.13 bits per heavy atom. The molecule has 1 unspecified atom stereocenters. The summed E-state index contributed by atoms with van der Waals surface area (Å²) in [5.74, 6) is 0.902. The molecule has 0 bridgehead atoms. The van der Waals surface area contributed by atoms with Crippen LogP contribution in [0.4, 0.5) is 0 Å². The third-order valence-electron chi connectivity index (χ3n) is 4.44. The summed E-state index contributed by atoms with van der Waals surface area (Å²) in [5.41, 5.74) is 0.640. The lowest BCUT2D eigenvalue weighted by molar-refractivity contribution is 0.0993. The van der Waals surface area contributed by atoms with E-state index in [4.69, 9.17) is 4.74 Å². The third kappa shape index (κ3) is 2.73. The Balaban J connectivity index is 1.74. The van der Waals surface area contributed by atoms with Gasteiger partial charge in [0, 0.05) is 19.7 Å². The molecule has 0 heterocycles. The molecule has 0 aliphatic heterocycles. The predicted molar refractivity (Wildman–Crippen MR) is 63.0 cm³/mol. The lowest BCUT2D eigenvalue weighted by atomic mass is 9.67. The van der Waals surface area contributed by atoms with E-state index in [2.05, 4.69) is 12.2 Å². The predicted octanol–water partition coefficient (Wildman–Crippen LogP) is 2.58. The zero-order valence-corrected chi connectivity index (χ0v) is 10.2. The van der Waals surface area contributed by atoms with E-state index in [1.165, 1.54) is 45.1 Å². The largest absolute Gasteiger partial charge is 0.383 e. The Labute approximate surface area is 93.8 Å². The van der Waals surface area contributed by atoms with Crippen molar-refractivity contribution < 1.29 is 4.74 Å². The molecular formula is C13H25NO. The van der Waals surface area contributed by atoms with Crippen molar-refractivity contribution in [2.75, 3.05) is 20.3 Å². The maximum atomic E-state index is 5.29. The van der Waals surface area contributed by atoms with E-state index in [9.17, 15) is 0 Å². The Morgan fingerprint density at radius 1 is 1.40 bits per heavy atom. The number of nitrogens with one attached hydrogen (secondary N) is 1. The number of hydrogen-bond donors (Lipinski definition) is 1. The molecule has 0 aromatic heterocycles. The van der Waals surface area contributed by atoms with Gasteiger partial charge in [-0.3, -0.25) is 0 Å². The van der Waals surface area contributed by atoms with Gasteiger partial charge < -0.3 is 10.1 Å². The van der Waals surface area contributed by atoms with Crippen LogP contribution in [0.15, 0.2) is 0 Å². The minimum Gasteiger partial charge on any atom is -0.383 e. The summed E-state index contributed by atoms with van der Waals surface area (Å²) >= 11 is 0. The molecule has 0 radical (unpaired) electrons. The van der Waals surface area contributed by atoms with Crippen LogP contribution in [0.3, 0.4) is 0 Å². The monoisotopic (exact) mass is 211 g/mol. The van der Waals surface area contributed by atoms with Crippen molar-refractivity contribution in [3.63, 3.8) is 0 Å². The minimum atomic E-state index is 0.624. The Hall–Kier alpha value is -0.0800. The summed E-state index contributed by atoms with van der Waals surface area (Å²) in [4.78, 5) is 0. The van der Waals surface area contributed by atoms with Crippen molar-refractivity contribution in [3.8, 4) is 0 Å². The van der Waals surface area contributed by atoms with Gasteiger partial charge in [0.2, 0.25) is 0 Å². The van der Waals surface area contributed by atoms with Gasteiger partial charge in [0.25, 0.3) is 0 Å². The normalized spacial score (nSPS) is 26.0. The van der Waals surface area contributed by atoms with E-state index >= 15 is 0 Å². The highest BCUT2D eigenvalue weighted by Gasteiger charge is 2.37. The molecule has 2 saturated carbocycles. The second-order valence-corrected chi connectivity index (χ2v) is 5.49. The molecule has 0 amide bonds. The van der Waals surface area contributed by atoms with E-state index in [0.717, 1.165) is 12.5 Å². The van der Waals surface area contributed by atoms with E-state index in [-0.39, 0.29) is 0 Å². The maximum Gasteiger partial charge on any atom is 0.0618 e. The van der Waals surface area contributed by atoms with Crippen LogP contribution >= 0.6 is 0 Å². The standard InChI is InChI=1S/C13H25NO/c1-3-13(7-4-8-13)10-14-12(9-15-2)11-5-6-11/h11-12,14H,3-10H2,1-2H3. The molecule has 2 aliphatic carbocycles. The number of methoxy groups -OCH3 is 1. The van der Waals surface area contributed by atoms with E-state index < -0.39 is 0 Å². The maximum absolute atomic E-state index is 5.29. The van der Waals surface area contributed by atoms with Crippen molar-refractivity contribution >= 4 is 0 Å². The number of rotatable bonds is 7. The van der Waals surface area contributed by atoms with Crippen molar-refractivity contribution in [2.24, 2.45) is 11.3 Å². The fraction of sp³-hybridized carbons (Fsp3) is 1.00. The lowest BCUT2D eigenvalue weighted by Gasteiger charge is -2.42. The fourth-order valence-electron chi connectivity index (χ4n) is 2.72. The van der Waals surface area contributed by atoms with Crippen LogP contribution in [0.25, 0.3) is 0 Å². The first-order valence-corrected chi connectivity index (χ1v) is 6.52. The smallest absolute Gasteiger partial charge is 0.0618 e. The van der Waals surface area contributed by atoms with Crippen LogP contribution in [0.1, 0.15) is 45.4 Å². The number of ether oxygens (including phenoxy) is 1. The van der Waals surface area contributed by atoms with Crippen LogP contribution < -0.4 is 5.32 Å². The van der Waals surface area contributed by atoms with Crippen LogP contribution in [0.5, 0.6) is 0 Å². The van der Waals surface area contributed by atoms with Gasteiger partial charge in [-0.05, 0) is 43.4 Å². The molecule has 2 aliphatic rings. The molecule has 1 atom stereocenters. The highest BCUT2D eigenvalue weighted by Crippen LogP contribution is 2.43. The second-order valence-electron chi connectivity index (χ2n) is 5.49. The molecule has 2 heteroatoms. The van der Waals surface area contributed by atoms with Gasteiger partial charge in [0.05, 0.1) is 6.61 Å². The van der Waals surface area contributed by atoms with Gasteiger partial charge in [-0.25, -0.2) is 0 Å². The Morgan fingerprint density at radius 3 is 2.53 bits per heavy atom. The lowest BCUT2D eigenvalue weighted by Crippen LogP contribution is -2.45. The highest BCUT2D eigenvalue weighted by atomic mass is 16.5. The molecule has 0 aromatic carbocycles. The fourth-order valence-corrected chi connectivity index (χ4v) is 2.72. The Kier molecular flexibility index (Phi) is 3.68. The van der Waals surface area contributed by atoms with Crippen LogP contribution in [0, 0.1) is 11.3 Å². The van der Waals surface area contributed by atoms with Gasteiger partial charge in [-0.2, -0.15) is 0 Å². The molecule has 0 saturated heterocycles. The van der Waals surface area contributed by atoms with Gasteiger partial charge >= 0.3 is 0 Å². The van der Waals surface area contributed by atoms with Crippen molar-refractivity contribution in [1.29, 1.82) is 0 Å².